The first-order chi connectivity index (χ1) is 13.0. The number of cyclic esters (lactones) is 1. The molecular weight excluding hydrogens is 340 g/mol. The minimum absolute atomic E-state index is 0.0508. The zero-order valence-corrected chi connectivity index (χ0v) is 15.7. The molecule has 1 saturated heterocycles. The Morgan fingerprint density at radius 3 is 2.56 bits per heavy atom. The molecule has 0 bridgehead atoms. The fourth-order valence-electron chi connectivity index (χ4n) is 4.08. The van der Waals surface area contributed by atoms with Crippen molar-refractivity contribution in [3.8, 4) is 0 Å². The summed E-state index contributed by atoms with van der Waals surface area (Å²) in [4.78, 5) is 30.2. The molecule has 2 unspecified atom stereocenters. The molecular formula is C22H24N2O3. The highest BCUT2D eigenvalue weighted by Crippen LogP contribution is 2.33. The van der Waals surface area contributed by atoms with Crippen LogP contribution in [-0.4, -0.2) is 54.0 Å². The quantitative estimate of drug-likeness (QED) is 0.769. The second-order valence-corrected chi connectivity index (χ2v) is 7.64. The highest BCUT2D eigenvalue weighted by molar-refractivity contribution is 5.97. The number of ether oxygens (including phenoxy) is 1. The van der Waals surface area contributed by atoms with Gasteiger partial charge < -0.3 is 14.5 Å². The molecule has 2 heterocycles. The first-order valence-electron chi connectivity index (χ1n) is 9.34. The van der Waals surface area contributed by atoms with E-state index in [0.717, 1.165) is 24.2 Å². The van der Waals surface area contributed by atoms with Gasteiger partial charge in [-0.25, -0.2) is 4.79 Å². The number of likely N-dealkylation sites (N-methyl/N-ethyl adjacent to an activating group) is 1. The average Bonchev–Trinajstić information content (AvgIpc) is 2.68. The molecule has 0 N–H and O–H groups in total. The molecule has 5 heteroatoms. The molecule has 1 amide bonds. The number of benzene rings is 2. The molecule has 0 aromatic heterocycles. The van der Waals surface area contributed by atoms with E-state index in [1.165, 1.54) is 0 Å². The summed E-state index contributed by atoms with van der Waals surface area (Å²) >= 11 is 0. The van der Waals surface area contributed by atoms with Crippen molar-refractivity contribution in [2.75, 3.05) is 26.7 Å². The van der Waals surface area contributed by atoms with Gasteiger partial charge in [-0.15, -0.1) is 0 Å². The molecule has 2 aromatic rings. The van der Waals surface area contributed by atoms with Crippen LogP contribution in [0.5, 0.6) is 0 Å². The maximum absolute atomic E-state index is 13.6. The first kappa shape index (κ1) is 17.7. The van der Waals surface area contributed by atoms with Gasteiger partial charge in [0.2, 0.25) is 0 Å². The van der Waals surface area contributed by atoms with Crippen LogP contribution >= 0.6 is 0 Å². The molecule has 1 fully saturated rings. The monoisotopic (exact) mass is 364 g/mol. The molecule has 2 aromatic carbocycles. The molecule has 4 rings (SSSR count). The van der Waals surface area contributed by atoms with Crippen LogP contribution in [0.15, 0.2) is 54.6 Å². The maximum Gasteiger partial charge on any atom is 0.339 e. The van der Waals surface area contributed by atoms with Gasteiger partial charge in [0.1, 0.15) is 0 Å². The molecule has 0 saturated carbocycles. The summed E-state index contributed by atoms with van der Waals surface area (Å²) in [6.07, 6.45) is 0.404. The molecule has 2 aliphatic heterocycles. The van der Waals surface area contributed by atoms with Crippen LogP contribution in [0, 0.1) is 0 Å². The fraction of sp³-hybridized carbons (Fsp3) is 0.364. The Bertz CT molecular complexity index is 867. The fourth-order valence-corrected chi connectivity index (χ4v) is 4.08. The number of hydrogen-bond acceptors (Lipinski definition) is 4. The highest BCUT2D eigenvalue weighted by Gasteiger charge is 2.47. The van der Waals surface area contributed by atoms with E-state index in [1.807, 2.05) is 41.3 Å². The van der Waals surface area contributed by atoms with Gasteiger partial charge in [-0.2, -0.15) is 0 Å². The van der Waals surface area contributed by atoms with Crippen molar-refractivity contribution >= 4 is 11.9 Å². The Hall–Kier alpha value is -2.66. The van der Waals surface area contributed by atoms with Gasteiger partial charge in [-0.3, -0.25) is 4.79 Å². The number of amides is 1. The largest absolute Gasteiger partial charge is 0.445 e. The molecule has 0 spiro atoms. The summed E-state index contributed by atoms with van der Waals surface area (Å²) in [5.74, 6) is -0.537. The van der Waals surface area contributed by atoms with Gasteiger partial charge in [-0.1, -0.05) is 48.5 Å². The van der Waals surface area contributed by atoms with Crippen LogP contribution in [0.1, 0.15) is 34.5 Å². The van der Waals surface area contributed by atoms with E-state index >= 15 is 0 Å². The number of carbonyl (C=O) groups excluding carboxylic acids is 2. The van der Waals surface area contributed by atoms with Crippen LogP contribution in [0.4, 0.5) is 0 Å². The third kappa shape index (κ3) is 3.23. The van der Waals surface area contributed by atoms with E-state index in [-0.39, 0.29) is 11.9 Å². The lowest BCUT2D eigenvalue weighted by Gasteiger charge is -2.44. The normalized spacial score (nSPS) is 25.6. The number of piperazine rings is 1. The zero-order valence-electron chi connectivity index (χ0n) is 15.7. The summed E-state index contributed by atoms with van der Waals surface area (Å²) in [6.45, 7) is 3.92. The molecule has 0 aliphatic carbocycles. The van der Waals surface area contributed by atoms with Crippen molar-refractivity contribution in [1.82, 2.24) is 9.80 Å². The number of esters is 1. The molecule has 5 nitrogen and oxygen atoms in total. The predicted octanol–water partition coefficient (Wildman–Crippen LogP) is 2.67. The Morgan fingerprint density at radius 1 is 1.07 bits per heavy atom. The van der Waals surface area contributed by atoms with Crippen LogP contribution in [0.25, 0.3) is 0 Å². The first-order valence-corrected chi connectivity index (χ1v) is 9.34. The summed E-state index contributed by atoms with van der Waals surface area (Å²) < 4.78 is 5.68. The second-order valence-electron chi connectivity index (χ2n) is 7.64. The van der Waals surface area contributed by atoms with Crippen molar-refractivity contribution < 1.29 is 14.3 Å². The lowest BCUT2D eigenvalue weighted by atomic mass is 9.88. The third-order valence-corrected chi connectivity index (χ3v) is 5.56. The van der Waals surface area contributed by atoms with Crippen molar-refractivity contribution in [3.63, 3.8) is 0 Å². The van der Waals surface area contributed by atoms with E-state index in [9.17, 15) is 9.59 Å². The van der Waals surface area contributed by atoms with E-state index in [1.54, 1.807) is 13.0 Å². The SMILES string of the molecule is CN1CCN(C(=O)C2(C)Cc3ccccc3C(=O)O2)C(c2ccccc2)C1. The van der Waals surface area contributed by atoms with Crippen molar-refractivity contribution in [2.45, 2.75) is 25.0 Å². The van der Waals surface area contributed by atoms with Gasteiger partial charge >= 0.3 is 5.97 Å². The predicted molar refractivity (Wildman–Crippen MR) is 102 cm³/mol. The molecule has 2 aliphatic rings. The molecule has 0 radical (unpaired) electrons. The lowest BCUT2D eigenvalue weighted by molar-refractivity contribution is -0.156. The number of carbonyl (C=O) groups is 2. The minimum Gasteiger partial charge on any atom is -0.445 e. The van der Waals surface area contributed by atoms with Gasteiger partial charge in [0, 0.05) is 26.1 Å². The number of fused-ring (bicyclic) bond motifs is 1. The Labute approximate surface area is 159 Å². The van der Waals surface area contributed by atoms with Gasteiger partial charge in [0.15, 0.2) is 5.60 Å². The topological polar surface area (TPSA) is 49.9 Å². The summed E-state index contributed by atoms with van der Waals surface area (Å²) in [5, 5.41) is 0. The molecule has 27 heavy (non-hydrogen) atoms. The number of hydrogen-bond donors (Lipinski definition) is 0. The number of rotatable bonds is 2. The van der Waals surface area contributed by atoms with E-state index in [4.69, 9.17) is 4.74 Å². The smallest absolute Gasteiger partial charge is 0.339 e. The van der Waals surface area contributed by atoms with Crippen molar-refractivity contribution in [3.05, 3.63) is 71.3 Å². The van der Waals surface area contributed by atoms with Crippen LogP contribution < -0.4 is 0 Å². The van der Waals surface area contributed by atoms with Crippen molar-refractivity contribution in [2.24, 2.45) is 0 Å². The van der Waals surface area contributed by atoms with Gasteiger partial charge in [0.05, 0.1) is 11.6 Å². The molecule has 2 atom stereocenters. The van der Waals surface area contributed by atoms with Crippen LogP contribution in [-0.2, 0) is 16.0 Å². The summed E-state index contributed by atoms with van der Waals surface area (Å²) in [7, 11) is 2.07. The van der Waals surface area contributed by atoms with Gasteiger partial charge in [-0.05, 0) is 31.2 Å². The summed E-state index contributed by atoms with van der Waals surface area (Å²) in [5.41, 5.74) is 1.35. The minimum atomic E-state index is -1.17. The van der Waals surface area contributed by atoms with Crippen LogP contribution in [0.3, 0.4) is 0 Å². The average molecular weight is 364 g/mol. The Balaban J connectivity index is 1.65. The van der Waals surface area contributed by atoms with Gasteiger partial charge in [0.25, 0.3) is 5.91 Å². The highest BCUT2D eigenvalue weighted by atomic mass is 16.6. The lowest BCUT2D eigenvalue weighted by Crippen LogP contribution is -2.58. The van der Waals surface area contributed by atoms with E-state index in [2.05, 4.69) is 24.1 Å². The maximum atomic E-state index is 13.6. The molecule has 140 valence electrons. The number of nitrogens with zero attached hydrogens (tertiary/aromatic N) is 2. The second kappa shape index (κ2) is 6.82. The third-order valence-electron chi connectivity index (χ3n) is 5.56. The summed E-state index contributed by atoms with van der Waals surface area (Å²) in [6, 6.07) is 17.4. The van der Waals surface area contributed by atoms with Crippen LogP contribution in [0.2, 0.25) is 0 Å². The Kier molecular flexibility index (Phi) is 4.48. The van der Waals surface area contributed by atoms with E-state index in [0.29, 0.717) is 18.5 Å². The van der Waals surface area contributed by atoms with Crippen molar-refractivity contribution in [1.29, 1.82) is 0 Å². The standard InChI is InChI=1S/C22H24N2O3/c1-22(14-17-10-6-7-11-18(17)20(25)27-22)21(26)24-13-12-23(2)15-19(24)16-8-4-3-5-9-16/h3-11,19H,12-15H2,1-2H3. The Morgan fingerprint density at radius 2 is 1.78 bits per heavy atom. The zero-order chi connectivity index (χ0) is 19.0. The van der Waals surface area contributed by atoms with E-state index < -0.39 is 11.6 Å².